The molecule has 0 saturated carbocycles. The highest BCUT2D eigenvalue weighted by atomic mass is 19.3. The van der Waals surface area contributed by atoms with Crippen LogP contribution in [0.2, 0.25) is 0 Å². The van der Waals surface area contributed by atoms with Crippen molar-refractivity contribution in [3.05, 3.63) is 18.3 Å². The fourth-order valence-corrected chi connectivity index (χ4v) is 2.51. The van der Waals surface area contributed by atoms with E-state index in [1.165, 1.54) is 23.2 Å². The fourth-order valence-electron chi connectivity index (χ4n) is 2.51. The highest BCUT2D eigenvalue weighted by Gasteiger charge is 2.31. The monoisotopic (exact) mass is 329 g/mol. The first kappa shape index (κ1) is 16.9. The van der Waals surface area contributed by atoms with Gasteiger partial charge in [0, 0.05) is 19.2 Å². The number of rotatable bonds is 4. The number of nitrogens with one attached hydrogen (secondary N) is 1. The number of hydrogen-bond acceptors (Lipinski definition) is 4. The number of carbonyl (C=O) groups excluding carboxylic acids is 1. The van der Waals surface area contributed by atoms with Crippen LogP contribution in [0.4, 0.5) is 19.3 Å². The number of carboxylic acids is 1. The first-order valence-electron chi connectivity index (χ1n) is 7.04. The summed E-state index contributed by atoms with van der Waals surface area (Å²) in [4.78, 5) is 28.4. The van der Waals surface area contributed by atoms with E-state index in [0.717, 1.165) is 0 Å². The van der Waals surface area contributed by atoms with Gasteiger partial charge in [-0.15, -0.1) is 0 Å². The molecule has 1 aromatic heterocycles. The highest BCUT2D eigenvalue weighted by Crippen LogP contribution is 2.23. The second kappa shape index (κ2) is 7.21. The van der Waals surface area contributed by atoms with Crippen LogP contribution in [0.5, 0.6) is 5.88 Å². The molecule has 0 radical (unpaired) electrons. The number of aromatic nitrogens is 1. The Hall–Kier alpha value is -2.45. The molecule has 2 heterocycles. The molecule has 2 unspecified atom stereocenters. The van der Waals surface area contributed by atoms with Gasteiger partial charge in [-0.1, -0.05) is 6.92 Å². The first-order chi connectivity index (χ1) is 10.8. The molecule has 2 atom stereocenters. The number of piperidine rings is 1. The van der Waals surface area contributed by atoms with Crippen molar-refractivity contribution in [2.24, 2.45) is 11.8 Å². The summed E-state index contributed by atoms with van der Waals surface area (Å²) in [6.45, 7) is -0.500. The van der Waals surface area contributed by atoms with E-state index < -0.39 is 24.5 Å². The van der Waals surface area contributed by atoms with Crippen LogP contribution in [0, 0.1) is 11.8 Å². The minimum atomic E-state index is -2.97. The lowest BCUT2D eigenvalue weighted by molar-refractivity contribution is -0.143. The van der Waals surface area contributed by atoms with Gasteiger partial charge >= 0.3 is 18.6 Å². The summed E-state index contributed by atoms with van der Waals surface area (Å²) in [5.74, 6) is -1.69. The van der Waals surface area contributed by atoms with Crippen LogP contribution in [0.15, 0.2) is 18.3 Å². The predicted octanol–water partition coefficient (Wildman–Crippen LogP) is 2.26. The quantitative estimate of drug-likeness (QED) is 0.884. The smallest absolute Gasteiger partial charge is 0.388 e. The van der Waals surface area contributed by atoms with Gasteiger partial charge in [-0.25, -0.2) is 9.78 Å². The zero-order valence-electron chi connectivity index (χ0n) is 12.4. The van der Waals surface area contributed by atoms with Gasteiger partial charge in [0.2, 0.25) is 5.88 Å². The summed E-state index contributed by atoms with van der Waals surface area (Å²) >= 11 is 0. The van der Waals surface area contributed by atoms with Crippen LogP contribution in [-0.2, 0) is 4.79 Å². The molecule has 0 aromatic carbocycles. The van der Waals surface area contributed by atoms with Gasteiger partial charge in [0.05, 0.1) is 17.8 Å². The SMILES string of the molecule is CC1CC(C(=O)O)CN(C(=O)Nc2ccc(OC(F)F)nc2)C1. The Morgan fingerprint density at radius 1 is 1.43 bits per heavy atom. The molecule has 7 nitrogen and oxygen atoms in total. The number of urea groups is 1. The van der Waals surface area contributed by atoms with Gasteiger partial charge in [-0.05, 0) is 18.4 Å². The first-order valence-corrected chi connectivity index (χ1v) is 7.04. The number of carboxylic acid groups (broad SMARTS) is 1. The number of aliphatic carboxylic acids is 1. The van der Waals surface area contributed by atoms with Crippen molar-refractivity contribution in [2.75, 3.05) is 18.4 Å². The number of hydrogen-bond donors (Lipinski definition) is 2. The maximum absolute atomic E-state index is 12.2. The standard InChI is InChI=1S/C14H17F2N3O4/c1-8-4-9(12(20)21)7-19(6-8)14(22)18-10-2-3-11(17-5-10)23-13(15)16/h2-3,5,8-9,13H,4,6-7H2,1H3,(H,18,22)(H,20,21). The van der Waals surface area contributed by atoms with E-state index in [-0.39, 0.29) is 18.3 Å². The second-order valence-electron chi connectivity index (χ2n) is 5.47. The van der Waals surface area contributed by atoms with Gasteiger partial charge in [-0.3, -0.25) is 4.79 Å². The van der Waals surface area contributed by atoms with Gasteiger partial charge in [-0.2, -0.15) is 8.78 Å². The third-order valence-electron chi connectivity index (χ3n) is 3.49. The van der Waals surface area contributed by atoms with E-state index >= 15 is 0 Å². The van der Waals surface area contributed by atoms with Crippen molar-refractivity contribution in [3.63, 3.8) is 0 Å². The lowest BCUT2D eigenvalue weighted by atomic mass is 9.91. The Morgan fingerprint density at radius 2 is 2.17 bits per heavy atom. The molecule has 0 spiro atoms. The Bertz CT molecular complexity index is 568. The number of pyridine rings is 1. The maximum atomic E-state index is 12.2. The van der Waals surface area contributed by atoms with E-state index in [2.05, 4.69) is 15.0 Å². The van der Waals surface area contributed by atoms with Gasteiger partial charge in [0.1, 0.15) is 0 Å². The van der Waals surface area contributed by atoms with Crippen molar-refractivity contribution >= 4 is 17.7 Å². The van der Waals surface area contributed by atoms with E-state index in [0.29, 0.717) is 18.7 Å². The van der Waals surface area contributed by atoms with Gasteiger partial charge < -0.3 is 20.1 Å². The Labute approximate surface area is 131 Å². The molecule has 0 aliphatic carbocycles. The zero-order valence-corrected chi connectivity index (χ0v) is 12.4. The summed E-state index contributed by atoms with van der Waals surface area (Å²) in [5.41, 5.74) is 0.307. The molecular formula is C14H17F2N3O4. The Morgan fingerprint density at radius 3 is 2.74 bits per heavy atom. The third-order valence-corrected chi connectivity index (χ3v) is 3.49. The van der Waals surface area contributed by atoms with Crippen LogP contribution in [-0.4, -0.2) is 46.7 Å². The van der Waals surface area contributed by atoms with E-state index in [1.54, 1.807) is 0 Å². The van der Waals surface area contributed by atoms with Gasteiger partial charge in [0.15, 0.2) is 0 Å². The third kappa shape index (κ3) is 4.76. The number of alkyl halides is 2. The molecule has 126 valence electrons. The maximum Gasteiger partial charge on any atom is 0.388 e. The minimum Gasteiger partial charge on any atom is -0.481 e. The average molecular weight is 329 g/mol. The van der Waals surface area contributed by atoms with Crippen molar-refractivity contribution in [1.29, 1.82) is 0 Å². The molecule has 9 heteroatoms. The fraction of sp³-hybridized carbons (Fsp3) is 0.500. The van der Waals surface area contributed by atoms with Crippen molar-refractivity contribution in [3.8, 4) is 5.88 Å². The molecule has 2 N–H and O–H groups in total. The molecular weight excluding hydrogens is 312 g/mol. The summed E-state index contributed by atoms with van der Waals surface area (Å²) < 4.78 is 28.2. The molecule has 2 rings (SSSR count). The summed E-state index contributed by atoms with van der Waals surface area (Å²) in [5, 5.41) is 11.7. The van der Waals surface area contributed by atoms with Crippen LogP contribution >= 0.6 is 0 Å². The summed E-state index contributed by atoms with van der Waals surface area (Å²) in [6, 6.07) is 2.14. The normalized spacial score (nSPS) is 21.1. The molecule has 23 heavy (non-hydrogen) atoms. The van der Waals surface area contributed by atoms with Crippen molar-refractivity contribution < 1.29 is 28.2 Å². The zero-order chi connectivity index (χ0) is 17.0. The molecule has 1 fully saturated rings. The van der Waals surface area contributed by atoms with E-state index in [9.17, 15) is 18.4 Å². The second-order valence-corrected chi connectivity index (χ2v) is 5.47. The molecule has 1 aromatic rings. The number of halogens is 2. The Kier molecular flexibility index (Phi) is 5.30. The van der Waals surface area contributed by atoms with E-state index in [4.69, 9.17) is 5.11 Å². The summed E-state index contributed by atoms with van der Waals surface area (Å²) in [7, 11) is 0. The lowest BCUT2D eigenvalue weighted by Crippen LogP contribution is -2.47. The Balaban J connectivity index is 1.96. The molecule has 2 amide bonds. The van der Waals surface area contributed by atoms with Crippen molar-refractivity contribution in [1.82, 2.24) is 9.88 Å². The van der Waals surface area contributed by atoms with Gasteiger partial charge in [0.25, 0.3) is 0 Å². The van der Waals surface area contributed by atoms with Crippen LogP contribution in [0.1, 0.15) is 13.3 Å². The number of amides is 2. The summed E-state index contributed by atoms with van der Waals surface area (Å²) in [6.07, 6.45) is 1.72. The number of ether oxygens (including phenoxy) is 1. The minimum absolute atomic E-state index is 0.0792. The molecule has 0 bridgehead atoms. The number of carbonyl (C=O) groups is 2. The van der Waals surface area contributed by atoms with Crippen LogP contribution in [0.25, 0.3) is 0 Å². The highest BCUT2D eigenvalue weighted by molar-refractivity contribution is 5.89. The molecule has 1 aliphatic rings. The average Bonchev–Trinajstić information content (AvgIpc) is 2.48. The lowest BCUT2D eigenvalue weighted by Gasteiger charge is -2.34. The topological polar surface area (TPSA) is 91.8 Å². The molecule has 1 saturated heterocycles. The predicted molar refractivity (Wildman–Crippen MR) is 76.4 cm³/mol. The number of likely N-dealkylation sites (tertiary alicyclic amines) is 1. The molecule has 1 aliphatic heterocycles. The van der Waals surface area contributed by atoms with Crippen LogP contribution in [0.3, 0.4) is 0 Å². The largest absolute Gasteiger partial charge is 0.481 e. The number of anilines is 1. The van der Waals surface area contributed by atoms with Crippen molar-refractivity contribution in [2.45, 2.75) is 20.0 Å². The van der Waals surface area contributed by atoms with Crippen LogP contribution < -0.4 is 10.1 Å². The van der Waals surface area contributed by atoms with E-state index in [1.807, 2.05) is 6.92 Å². The number of nitrogens with zero attached hydrogens (tertiary/aromatic N) is 2.